The van der Waals surface area contributed by atoms with Crippen LogP contribution in [0.15, 0.2) is 9.95 Å². The van der Waals surface area contributed by atoms with Crippen LogP contribution in [0.25, 0.3) is 10.2 Å². The first-order chi connectivity index (χ1) is 11.6. The first-order valence-electron chi connectivity index (χ1n) is 8.47. The maximum absolute atomic E-state index is 13.2. The van der Waals surface area contributed by atoms with Crippen LogP contribution in [0.4, 0.5) is 0 Å². The highest BCUT2D eigenvalue weighted by molar-refractivity contribution is 7.99. The van der Waals surface area contributed by atoms with Gasteiger partial charge in [-0.25, -0.2) is 4.98 Å². The topological polar surface area (TPSA) is 64.3 Å². The van der Waals surface area contributed by atoms with E-state index in [0.717, 1.165) is 39.5 Å². The second-order valence-corrected chi connectivity index (χ2v) is 8.42. The molecule has 0 spiro atoms. The molecule has 0 aromatic carbocycles. The van der Waals surface area contributed by atoms with Crippen molar-refractivity contribution in [2.75, 3.05) is 25.6 Å². The van der Waals surface area contributed by atoms with Crippen LogP contribution in [0.1, 0.15) is 42.2 Å². The van der Waals surface area contributed by atoms with E-state index in [1.807, 2.05) is 11.5 Å². The average Bonchev–Trinajstić information content (AvgIpc) is 3.16. The summed E-state index contributed by atoms with van der Waals surface area (Å²) in [6, 6.07) is 0.273. The van der Waals surface area contributed by atoms with Crippen LogP contribution in [0, 0.1) is 13.8 Å². The molecule has 0 aliphatic heterocycles. The van der Waals surface area contributed by atoms with Crippen LogP contribution in [-0.2, 0) is 4.74 Å². The summed E-state index contributed by atoms with van der Waals surface area (Å²) >= 11 is 3.18. The van der Waals surface area contributed by atoms with Crippen LogP contribution in [0.3, 0.4) is 0 Å². The summed E-state index contributed by atoms with van der Waals surface area (Å²) < 4.78 is 7.26. The smallest absolute Gasteiger partial charge is 0.263 e. The summed E-state index contributed by atoms with van der Waals surface area (Å²) in [7, 11) is 0. The van der Waals surface area contributed by atoms with Gasteiger partial charge in [-0.3, -0.25) is 9.36 Å². The maximum atomic E-state index is 13.2. The van der Waals surface area contributed by atoms with Crippen molar-refractivity contribution in [2.45, 2.75) is 50.7 Å². The third-order valence-electron chi connectivity index (χ3n) is 4.59. The second kappa shape index (κ2) is 7.99. The summed E-state index contributed by atoms with van der Waals surface area (Å²) in [6.45, 7) is 5.01. The van der Waals surface area contributed by atoms with Crippen molar-refractivity contribution in [1.29, 1.82) is 0 Å². The molecule has 1 aliphatic carbocycles. The number of aryl methyl sites for hydroxylation is 2. The first-order valence-corrected chi connectivity index (χ1v) is 10.3. The molecule has 0 amide bonds. The summed E-state index contributed by atoms with van der Waals surface area (Å²) in [5.74, 6) is 0.730. The van der Waals surface area contributed by atoms with E-state index >= 15 is 0 Å². The first kappa shape index (κ1) is 17.9. The molecule has 7 heteroatoms. The average molecular weight is 369 g/mol. The fraction of sp³-hybridized carbons (Fsp3) is 0.647. The number of thioether (sulfide) groups is 1. The van der Waals surface area contributed by atoms with Gasteiger partial charge < -0.3 is 9.84 Å². The van der Waals surface area contributed by atoms with Crippen molar-refractivity contribution in [2.24, 2.45) is 0 Å². The number of hydrogen-bond acceptors (Lipinski definition) is 6. The van der Waals surface area contributed by atoms with Gasteiger partial charge in [0.15, 0.2) is 5.16 Å². The molecule has 24 heavy (non-hydrogen) atoms. The lowest BCUT2D eigenvalue weighted by molar-refractivity contribution is 0.103. The largest absolute Gasteiger partial charge is 0.394 e. The SMILES string of the molecule is Cc1sc2nc(SCCOCCO)n(C3CCCC3)c(=O)c2c1C. The molecule has 1 aliphatic rings. The zero-order valence-electron chi connectivity index (χ0n) is 14.2. The number of nitrogens with zero attached hydrogens (tertiary/aromatic N) is 2. The molecular formula is C17H24N2O3S2. The predicted octanol–water partition coefficient (Wildman–Crippen LogP) is 3.29. The standard InChI is InChI=1S/C17H24N2O3S2/c1-11-12(2)24-15-14(11)16(21)19(13-5-3-4-6-13)17(18-15)23-10-9-22-8-7-20/h13,20H,3-10H2,1-2H3. The highest BCUT2D eigenvalue weighted by atomic mass is 32.2. The van der Waals surface area contributed by atoms with E-state index in [-0.39, 0.29) is 18.2 Å². The van der Waals surface area contributed by atoms with Gasteiger partial charge >= 0.3 is 0 Å². The van der Waals surface area contributed by atoms with Gasteiger partial charge in [0, 0.05) is 16.7 Å². The summed E-state index contributed by atoms with van der Waals surface area (Å²) in [5.41, 5.74) is 1.19. The minimum absolute atomic E-state index is 0.0371. The van der Waals surface area contributed by atoms with Crippen molar-refractivity contribution in [1.82, 2.24) is 9.55 Å². The van der Waals surface area contributed by atoms with Crippen molar-refractivity contribution >= 4 is 33.3 Å². The summed E-state index contributed by atoms with van der Waals surface area (Å²) in [5, 5.41) is 10.4. The Morgan fingerprint density at radius 1 is 1.33 bits per heavy atom. The van der Waals surface area contributed by atoms with Gasteiger partial charge in [0.2, 0.25) is 0 Å². The van der Waals surface area contributed by atoms with E-state index in [4.69, 9.17) is 14.8 Å². The molecule has 0 radical (unpaired) electrons. The van der Waals surface area contributed by atoms with Crippen LogP contribution < -0.4 is 5.56 Å². The summed E-state index contributed by atoms with van der Waals surface area (Å²) in [6.07, 6.45) is 4.48. The van der Waals surface area contributed by atoms with Crippen LogP contribution >= 0.6 is 23.1 Å². The van der Waals surface area contributed by atoms with Crippen molar-refractivity contribution < 1.29 is 9.84 Å². The maximum Gasteiger partial charge on any atom is 0.263 e. The van der Waals surface area contributed by atoms with Gasteiger partial charge in [-0.1, -0.05) is 24.6 Å². The van der Waals surface area contributed by atoms with Crippen LogP contribution in [-0.4, -0.2) is 40.2 Å². The molecule has 0 saturated heterocycles. The molecule has 2 heterocycles. The van der Waals surface area contributed by atoms with Gasteiger partial charge in [-0.15, -0.1) is 11.3 Å². The van der Waals surface area contributed by atoms with E-state index in [2.05, 4.69) is 6.92 Å². The molecule has 3 rings (SSSR count). The van der Waals surface area contributed by atoms with Gasteiger partial charge in [0.1, 0.15) is 4.83 Å². The monoisotopic (exact) mass is 368 g/mol. The van der Waals surface area contributed by atoms with Gasteiger partial charge in [0.05, 0.1) is 25.2 Å². The number of aliphatic hydroxyl groups excluding tert-OH is 1. The number of hydrogen-bond donors (Lipinski definition) is 1. The Morgan fingerprint density at radius 2 is 2.08 bits per heavy atom. The fourth-order valence-electron chi connectivity index (χ4n) is 3.23. The normalized spacial score (nSPS) is 15.6. The molecule has 0 unspecified atom stereocenters. The molecule has 0 atom stereocenters. The lowest BCUT2D eigenvalue weighted by atomic mass is 10.2. The van der Waals surface area contributed by atoms with Crippen LogP contribution in [0.5, 0.6) is 0 Å². The Hall–Kier alpha value is -0.890. The number of aromatic nitrogens is 2. The van der Waals surface area contributed by atoms with Crippen molar-refractivity contribution in [3.63, 3.8) is 0 Å². The fourth-order valence-corrected chi connectivity index (χ4v) is 5.22. The van der Waals surface area contributed by atoms with E-state index in [1.165, 1.54) is 17.7 Å². The Balaban J connectivity index is 1.95. The Bertz CT molecular complexity index is 763. The number of thiophene rings is 1. The molecule has 5 nitrogen and oxygen atoms in total. The third kappa shape index (κ3) is 3.54. The lowest BCUT2D eigenvalue weighted by Gasteiger charge is -2.18. The molecule has 1 fully saturated rings. The molecule has 1 N–H and O–H groups in total. The summed E-state index contributed by atoms with van der Waals surface area (Å²) in [4.78, 5) is 20.0. The Labute approximate surface area is 150 Å². The molecule has 0 bridgehead atoms. The number of aliphatic hydroxyl groups is 1. The molecular weight excluding hydrogens is 344 g/mol. The van der Waals surface area contributed by atoms with E-state index in [1.54, 1.807) is 23.1 Å². The predicted molar refractivity (Wildman–Crippen MR) is 99.5 cm³/mol. The Kier molecular flexibility index (Phi) is 5.97. The number of ether oxygens (including phenoxy) is 1. The van der Waals surface area contributed by atoms with Gasteiger partial charge in [-0.2, -0.15) is 0 Å². The number of rotatable bonds is 7. The zero-order valence-corrected chi connectivity index (χ0v) is 15.8. The zero-order chi connectivity index (χ0) is 17.1. The number of fused-ring (bicyclic) bond motifs is 1. The lowest BCUT2D eigenvalue weighted by Crippen LogP contribution is -2.26. The molecule has 132 valence electrons. The molecule has 2 aromatic heterocycles. The molecule has 1 saturated carbocycles. The third-order valence-corrected chi connectivity index (χ3v) is 6.61. The van der Waals surface area contributed by atoms with E-state index < -0.39 is 0 Å². The van der Waals surface area contributed by atoms with E-state index in [0.29, 0.717) is 13.2 Å². The Morgan fingerprint density at radius 3 is 2.79 bits per heavy atom. The van der Waals surface area contributed by atoms with Crippen molar-refractivity contribution in [3.8, 4) is 0 Å². The molecule has 2 aromatic rings. The second-order valence-electron chi connectivity index (χ2n) is 6.16. The van der Waals surface area contributed by atoms with Crippen LogP contribution in [0.2, 0.25) is 0 Å². The van der Waals surface area contributed by atoms with E-state index in [9.17, 15) is 4.79 Å². The van der Waals surface area contributed by atoms with Crippen molar-refractivity contribution in [3.05, 3.63) is 20.8 Å². The van der Waals surface area contributed by atoms with Gasteiger partial charge in [-0.05, 0) is 32.3 Å². The minimum atomic E-state index is 0.0371. The quantitative estimate of drug-likeness (QED) is 0.461. The highest BCUT2D eigenvalue weighted by Gasteiger charge is 2.24. The minimum Gasteiger partial charge on any atom is -0.394 e. The highest BCUT2D eigenvalue weighted by Crippen LogP contribution is 2.34. The van der Waals surface area contributed by atoms with Gasteiger partial charge in [0.25, 0.3) is 5.56 Å².